The average Bonchev–Trinajstić information content (AvgIpc) is 3.23. The van der Waals surface area contributed by atoms with Crippen molar-refractivity contribution in [1.29, 1.82) is 0 Å². The average molecular weight is 376 g/mol. The molecule has 1 aromatic heterocycles. The van der Waals surface area contributed by atoms with Crippen LogP contribution in [0.1, 0.15) is 48.1 Å². The summed E-state index contributed by atoms with van der Waals surface area (Å²) < 4.78 is 11.5. The first-order valence-corrected chi connectivity index (χ1v) is 9.61. The SMILES string of the molecule is CCC(C)Oc1cccc(C2Nc3ccccc3C(=O)N2Cc2ccco2)c1. The third kappa shape index (κ3) is 3.60. The van der Waals surface area contributed by atoms with E-state index in [1.807, 2.05) is 60.7 Å². The summed E-state index contributed by atoms with van der Waals surface area (Å²) in [5.74, 6) is 1.52. The highest BCUT2D eigenvalue weighted by Crippen LogP contribution is 2.35. The zero-order valence-electron chi connectivity index (χ0n) is 16.1. The highest BCUT2D eigenvalue weighted by Gasteiger charge is 2.33. The van der Waals surface area contributed by atoms with Crippen molar-refractivity contribution >= 4 is 11.6 Å². The van der Waals surface area contributed by atoms with Crippen LogP contribution in [0.5, 0.6) is 5.75 Å². The van der Waals surface area contributed by atoms with E-state index < -0.39 is 0 Å². The fourth-order valence-corrected chi connectivity index (χ4v) is 3.36. The summed E-state index contributed by atoms with van der Waals surface area (Å²) in [5.41, 5.74) is 2.47. The van der Waals surface area contributed by atoms with Gasteiger partial charge in [0.25, 0.3) is 5.91 Å². The van der Waals surface area contributed by atoms with E-state index in [1.54, 1.807) is 11.2 Å². The predicted octanol–water partition coefficient (Wildman–Crippen LogP) is 5.22. The molecule has 0 saturated carbocycles. The van der Waals surface area contributed by atoms with Crippen LogP contribution in [0.25, 0.3) is 0 Å². The van der Waals surface area contributed by atoms with E-state index in [1.165, 1.54) is 0 Å². The Morgan fingerprint density at radius 2 is 2.00 bits per heavy atom. The topological polar surface area (TPSA) is 54.7 Å². The van der Waals surface area contributed by atoms with Crippen molar-refractivity contribution in [3.05, 3.63) is 83.8 Å². The number of para-hydroxylation sites is 1. The van der Waals surface area contributed by atoms with Crippen LogP contribution < -0.4 is 10.1 Å². The molecule has 4 rings (SSSR count). The van der Waals surface area contributed by atoms with Gasteiger partial charge in [-0.3, -0.25) is 4.79 Å². The van der Waals surface area contributed by atoms with E-state index in [4.69, 9.17) is 9.15 Å². The molecule has 0 saturated heterocycles. The number of ether oxygens (including phenoxy) is 1. The molecule has 2 aromatic carbocycles. The minimum Gasteiger partial charge on any atom is -0.491 e. The van der Waals surface area contributed by atoms with Gasteiger partial charge in [0.1, 0.15) is 17.7 Å². The summed E-state index contributed by atoms with van der Waals surface area (Å²) in [6.45, 7) is 4.53. The highest BCUT2D eigenvalue weighted by molar-refractivity contribution is 6.01. The van der Waals surface area contributed by atoms with E-state index in [-0.39, 0.29) is 18.2 Å². The first kappa shape index (κ1) is 18.2. The third-order valence-electron chi connectivity index (χ3n) is 5.01. The second-order valence-corrected chi connectivity index (χ2v) is 7.01. The van der Waals surface area contributed by atoms with Gasteiger partial charge in [-0.15, -0.1) is 0 Å². The molecule has 0 spiro atoms. The number of fused-ring (bicyclic) bond motifs is 1. The van der Waals surface area contributed by atoms with Crippen molar-refractivity contribution in [3.8, 4) is 5.75 Å². The lowest BCUT2D eigenvalue weighted by molar-refractivity contribution is 0.0651. The van der Waals surface area contributed by atoms with Crippen LogP contribution in [0.3, 0.4) is 0 Å². The van der Waals surface area contributed by atoms with Gasteiger partial charge in [-0.1, -0.05) is 31.2 Å². The van der Waals surface area contributed by atoms with Crippen LogP contribution in [0.2, 0.25) is 0 Å². The maximum Gasteiger partial charge on any atom is 0.258 e. The van der Waals surface area contributed by atoms with Crippen molar-refractivity contribution in [3.63, 3.8) is 0 Å². The molecule has 1 amide bonds. The second kappa shape index (κ2) is 7.80. The molecule has 2 unspecified atom stereocenters. The van der Waals surface area contributed by atoms with E-state index in [2.05, 4.69) is 19.2 Å². The number of furan rings is 1. The number of nitrogens with zero attached hydrogens (tertiary/aromatic N) is 1. The monoisotopic (exact) mass is 376 g/mol. The molecule has 5 heteroatoms. The Hall–Kier alpha value is -3.21. The standard InChI is InChI=1S/C23H24N2O3/c1-3-16(2)28-18-9-6-8-17(14-18)22-24-21-12-5-4-11-20(21)23(26)25(22)15-19-10-7-13-27-19/h4-14,16,22,24H,3,15H2,1-2H3. The van der Waals surface area contributed by atoms with Crippen LogP contribution in [0, 0.1) is 0 Å². The van der Waals surface area contributed by atoms with Crippen LogP contribution in [0.15, 0.2) is 71.3 Å². The largest absolute Gasteiger partial charge is 0.491 e. The van der Waals surface area contributed by atoms with Gasteiger partial charge >= 0.3 is 0 Å². The van der Waals surface area contributed by atoms with Crippen LogP contribution in [0.4, 0.5) is 5.69 Å². The maximum atomic E-state index is 13.2. The van der Waals surface area contributed by atoms with Crippen molar-refractivity contribution in [2.24, 2.45) is 0 Å². The van der Waals surface area contributed by atoms with E-state index in [9.17, 15) is 4.79 Å². The van der Waals surface area contributed by atoms with Gasteiger partial charge in [-0.05, 0) is 55.3 Å². The van der Waals surface area contributed by atoms with Crippen molar-refractivity contribution < 1.29 is 13.9 Å². The van der Waals surface area contributed by atoms with E-state index in [0.717, 1.165) is 29.2 Å². The lowest BCUT2D eigenvalue weighted by atomic mass is 10.0. The number of benzene rings is 2. The lowest BCUT2D eigenvalue weighted by Gasteiger charge is -2.37. The number of carbonyl (C=O) groups excluding carboxylic acids is 1. The molecule has 28 heavy (non-hydrogen) atoms. The minimum absolute atomic E-state index is 0.0241. The molecule has 1 aliphatic rings. The molecule has 0 radical (unpaired) electrons. The minimum atomic E-state index is -0.312. The molecular formula is C23H24N2O3. The number of hydrogen-bond donors (Lipinski definition) is 1. The second-order valence-electron chi connectivity index (χ2n) is 7.01. The van der Waals surface area contributed by atoms with Gasteiger partial charge in [0.05, 0.1) is 24.5 Å². The van der Waals surface area contributed by atoms with Gasteiger partial charge in [0.15, 0.2) is 0 Å². The van der Waals surface area contributed by atoms with Gasteiger partial charge < -0.3 is 19.4 Å². The molecule has 3 aromatic rings. The molecule has 2 heterocycles. The summed E-state index contributed by atoms with van der Waals surface area (Å²) in [6, 6.07) is 19.2. The number of rotatable bonds is 6. The Morgan fingerprint density at radius 3 is 2.79 bits per heavy atom. The zero-order chi connectivity index (χ0) is 19.5. The molecular weight excluding hydrogens is 352 g/mol. The number of carbonyl (C=O) groups is 1. The quantitative estimate of drug-likeness (QED) is 0.640. The van der Waals surface area contributed by atoms with Gasteiger partial charge in [-0.2, -0.15) is 0 Å². The molecule has 0 fully saturated rings. The molecule has 2 atom stereocenters. The van der Waals surface area contributed by atoms with E-state index >= 15 is 0 Å². The normalized spacial score (nSPS) is 17.0. The number of amides is 1. The molecule has 144 valence electrons. The fourth-order valence-electron chi connectivity index (χ4n) is 3.36. The first-order chi connectivity index (χ1) is 13.7. The molecule has 1 aliphatic heterocycles. The molecule has 0 aliphatic carbocycles. The molecule has 0 bridgehead atoms. The Morgan fingerprint density at radius 1 is 1.14 bits per heavy atom. The predicted molar refractivity (Wildman–Crippen MR) is 108 cm³/mol. The third-order valence-corrected chi connectivity index (χ3v) is 5.01. The van der Waals surface area contributed by atoms with Crippen molar-refractivity contribution in [1.82, 2.24) is 4.90 Å². The Kier molecular flexibility index (Phi) is 5.06. The van der Waals surface area contributed by atoms with Crippen molar-refractivity contribution in [2.45, 2.75) is 39.1 Å². The van der Waals surface area contributed by atoms with Gasteiger partial charge in [-0.25, -0.2) is 0 Å². The van der Waals surface area contributed by atoms with Crippen LogP contribution in [-0.2, 0) is 6.54 Å². The maximum absolute atomic E-state index is 13.2. The Bertz CT molecular complexity index is 952. The molecule has 1 N–H and O–H groups in total. The number of anilines is 1. The summed E-state index contributed by atoms with van der Waals surface area (Å²) in [4.78, 5) is 15.0. The Labute approximate surface area is 164 Å². The lowest BCUT2D eigenvalue weighted by Crippen LogP contribution is -2.42. The fraction of sp³-hybridized carbons (Fsp3) is 0.261. The summed E-state index contributed by atoms with van der Waals surface area (Å²) in [5, 5.41) is 3.51. The first-order valence-electron chi connectivity index (χ1n) is 9.61. The summed E-state index contributed by atoms with van der Waals surface area (Å²) in [6.07, 6.45) is 2.38. The number of nitrogens with one attached hydrogen (secondary N) is 1. The smallest absolute Gasteiger partial charge is 0.258 e. The zero-order valence-corrected chi connectivity index (χ0v) is 16.1. The Balaban J connectivity index is 1.70. The van der Waals surface area contributed by atoms with Gasteiger partial charge in [0.2, 0.25) is 0 Å². The van der Waals surface area contributed by atoms with E-state index in [0.29, 0.717) is 12.1 Å². The molecule has 5 nitrogen and oxygen atoms in total. The van der Waals surface area contributed by atoms with Crippen LogP contribution >= 0.6 is 0 Å². The number of hydrogen-bond acceptors (Lipinski definition) is 4. The summed E-state index contributed by atoms with van der Waals surface area (Å²) in [7, 11) is 0. The highest BCUT2D eigenvalue weighted by atomic mass is 16.5. The van der Waals surface area contributed by atoms with Crippen molar-refractivity contribution in [2.75, 3.05) is 5.32 Å². The van der Waals surface area contributed by atoms with Crippen LogP contribution in [-0.4, -0.2) is 16.9 Å². The summed E-state index contributed by atoms with van der Waals surface area (Å²) >= 11 is 0. The van der Waals surface area contributed by atoms with Gasteiger partial charge in [0, 0.05) is 5.69 Å².